The van der Waals surface area contributed by atoms with Gasteiger partial charge in [-0.25, -0.2) is 28.3 Å². The number of aromatic amines is 2. The zero-order chi connectivity index (χ0) is 41.4. The molecule has 306 valence electrons. The van der Waals surface area contributed by atoms with Crippen molar-refractivity contribution in [3.05, 3.63) is 71.8 Å². The normalized spacial score (nSPS) is 18.0. The van der Waals surface area contributed by atoms with Crippen LogP contribution in [0.4, 0.5) is 18.4 Å². The van der Waals surface area contributed by atoms with Gasteiger partial charge in [-0.1, -0.05) is 52.0 Å². The first kappa shape index (κ1) is 40.1. The number of likely N-dealkylation sites (tertiary alicyclic amines) is 2. The smallest absolute Gasteiger partial charge is 0.407 e. The fourth-order valence-corrected chi connectivity index (χ4v) is 8.09. The largest absolute Gasteiger partial charge is 0.453 e. The lowest BCUT2D eigenvalue weighted by Gasteiger charge is -2.29. The van der Waals surface area contributed by atoms with E-state index >= 15 is 8.78 Å². The highest BCUT2D eigenvalue weighted by Crippen LogP contribution is 2.37. The van der Waals surface area contributed by atoms with Gasteiger partial charge < -0.3 is 39.9 Å². The minimum absolute atomic E-state index is 0.136. The molecule has 58 heavy (non-hydrogen) atoms. The van der Waals surface area contributed by atoms with E-state index in [1.165, 1.54) is 20.3 Å². The second kappa shape index (κ2) is 16.4. The summed E-state index contributed by atoms with van der Waals surface area (Å²) in [7, 11) is 2.49. The van der Waals surface area contributed by atoms with Gasteiger partial charge in [0.1, 0.15) is 35.1 Å². The maximum Gasteiger partial charge on any atom is 0.407 e. The molecule has 3 aromatic carbocycles. The number of benzene rings is 3. The molecule has 2 aromatic heterocycles. The van der Waals surface area contributed by atoms with Crippen molar-refractivity contribution in [1.29, 1.82) is 0 Å². The van der Waals surface area contributed by atoms with Crippen molar-refractivity contribution in [2.45, 2.75) is 77.5 Å². The van der Waals surface area contributed by atoms with E-state index in [9.17, 15) is 19.2 Å². The Kier molecular flexibility index (Phi) is 11.4. The number of ether oxygens (including phenoxy) is 2. The number of H-pyrrole nitrogens is 2. The molecule has 5 aromatic rings. The molecule has 2 aliphatic heterocycles. The van der Waals surface area contributed by atoms with Gasteiger partial charge in [0.2, 0.25) is 11.8 Å². The quantitative estimate of drug-likeness (QED) is 0.115. The van der Waals surface area contributed by atoms with Crippen molar-refractivity contribution in [2.24, 2.45) is 11.8 Å². The molecule has 0 unspecified atom stereocenters. The molecule has 0 aliphatic carbocycles. The molecule has 2 fully saturated rings. The summed E-state index contributed by atoms with van der Waals surface area (Å²) < 4.78 is 41.4. The predicted octanol–water partition coefficient (Wildman–Crippen LogP) is 7.14. The Balaban J connectivity index is 1.11. The number of methoxy groups -OCH3 is 2. The zero-order valence-electron chi connectivity index (χ0n) is 33.3. The van der Waals surface area contributed by atoms with E-state index in [0.717, 1.165) is 12.8 Å². The van der Waals surface area contributed by atoms with Gasteiger partial charge in [0, 0.05) is 30.3 Å². The maximum absolute atomic E-state index is 16.2. The van der Waals surface area contributed by atoms with E-state index in [0.29, 0.717) is 76.4 Å². The SMILES string of the molecule is COC(=O)N[C@H](C(=O)N1CCC[C@H]1c1nc2c(F)c(-c3ccc(-c4cc5nc([C@H]6CCCN6C(=O)[C@H](NC(=O)OC)C(C)C)[nH]c5cc4F)cc3)ccc2[nH]1)C(C)C. The van der Waals surface area contributed by atoms with Gasteiger partial charge in [0.25, 0.3) is 0 Å². The lowest BCUT2D eigenvalue weighted by molar-refractivity contribution is -0.136. The minimum atomic E-state index is -0.794. The molecular weight excluding hydrogens is 751 g/mol. The first-order valence-electron chi connectivity index (χ1n) is 19.6. The number of rotatable bonds is 10. The van der Waals surface area contributed by atoms with Crippen LogP contribution in [-0.2, 0) is 19.1 Å². The Morgan fingerprint density at radius 1 is 0.707 bits per heavy atom. The van der Waals surface area contributed by atoms with E-state index < -0.39 is 41.9 Å². The second-order valence-electron chi connectivity index (χ2n) is 15.6. The van der Waals surface area contributed by atoms with Crippen molar-refractivity contribution in [3.63, 3.8) is 0 Å². The number of halogens is 2. The van der Waals surface area contributed by atoms with Crippen LogP contribution in [-0.4, -0.2) is 93.1 Å². The predicted molar refractivity (Wildman–Crippen MR) is 212 cm³/mol. The van der Waals surface area contributed by atoms with Gasteiger partial charge in [-0.3, -0.25) is 9.59 Å². The van der Waals surface area contributed by atoms with Crippen LogP contribution in [0.2, 0.25) is 0 Å². The number of fused-ring (bicyclic) bond motifs is 2. The highest BCUT2D eigenvalue weighted by Gasteiger charge is 2.39. The van der Waals surface area contributed by atoms with E-state index in [1.807, 2.05) is 27.7 Å². The van der Waals surface area contributed by atoms with Crippen LogP contribution in [0.1, 0.15) is 77.1 Å². The van der Waals surface area contributed by atoms with E-state index in [2.05, 4.69) is 25.6 Å². The van der Waals surface area contributed by atoms with Crippen LogP contribution in [0.5, 0.6) is 0 Å². The van der Waals surface area contributed by atoms with Gasteiger partial charge in [0.05, 0.1) is 42.9 Å². The Morgan fingerprint density at radius 3 is 1.72 bits per heavy atom. The lowest BCUT2D eigenvalue weighted by atomic mass is 9.99. The van der Waals surface area contributed by atoms with Gasteiger partial charge >= 0.3 is 12.2 Å². The average Bonchev–Trinajstić information content (AvgIpc) is 4.04. The molecule has 14 nitrogen and oxygen atoms in total. The Labute approximate surface area is 334 Å². The summed E-state index contributed by atoms with van der Waals surface area (Å²) in [4.78, 5) is 70.4. The number of hydrogen-bond donors (Lipinski definition) is 4. The summed E-state index contributed by atoms with van der Waals surface area (Å²) in [5.74, 6) is -0.892. The van der Waals surface area contributed by atoms with Gasteiger partial charge in [0.15, 0.2) is 5.82 Å². The molecular formula is C42H48F2N8O6. The number of hydrogen-bond acceptors (Lipinski definition) is 8. The Bertz CT molecular complexity index is 2340. The number of alkyl carbamates (subject to hydrolysis) is 2. The van der Waals surface area contributed by atoms with Crippen molar-refractivity contribution >= 4 is 46.1 Å². The standard InChI is InChI=1S/C42H48F2N8O6/c1-21(2)34(49-41(55)57-5)39(53)51-17-7-9-31(51)37-46-29-19-26(27(43)20-30(29)47-37)24-13-11-23(12-14-24)25-15-16-28-36(33(25)44)48-38(45-28)32-10-8-18-52(32)40(54)35(22(3)4)50-42(56)58-6/h11-16,19-22,31-32,34-35H,7-10,17-18H2,1-6H3,(H,45,48)(H,46,47)(H,49,55)(H,50,56)/t31-,32+,34-,35+/m1/s1. The van der Waals surface area contributed by atoms with Crippen molar-refractivity contribution in [2.75, 3.05) is 27.3 Å². The van der Waals surface area contributed by atoms with Crippen molar-refractivity contribution in [1.82, 2.24) is 40.4 Å². The molecule has 2 saturated heterocycles. The zero-order valence-corrected chi connectivity index (χ0v) is 33.3. The van der Waals surface area contributed by atoms with Crippen LogP contribution >= 0.6 is 0 Å². The molecule has 4 amide bonds. The average molecular weight is 799 g/mol. The fourth-order valence-electron chi connectivity index (χ4n) is 8.09. The summed E-state index contributed by atoms with van der Waals surface area (Å²) in [6.07, 6.45) is 1.37. The van der Waals surface area contributed by atoms with Crippen LogP contribution in [0.3, 0.4) is 0 Å². The lowest BCUT2D eigenvalue weighted by Crippen LogP contribution is -2.51. The fraction of sp³-hybridized carbons (Fsp3) is 0.429. The third kappa shape index (κ3) is 7.66. The molecule has 16 heteroatoms. The minimum Gasteiger partial charge on any atom is -0.453 e. The highest BCUT2D eigenvalue weighted by molar-refractivity contribution is 5.89. The number of nitrogens with zero attached hydrogens (tertiary/aromatic N) is 4. The number of nitrogens with one attached hydrogen (secondary N) is 4. The summed E-state index contributed by atoms with van der Waals surface area (Å²) >= 11 is 0. The first-order chi connectivity index (χ1) is 27.8. The van der Waals surface area contributed by atoms with Gasteiger partial charge in [-0.15, -0.1) is 0 Å². The van der Waals surface area contributed by atoms with E-state index in [-0.39, 0.29) is 35.2 Å². The molecule has 0 saturated carbocycles. The summed E-state index contributed by atoms with van der Waals surface area (Å²) in [5, 5.41) is 5.28. The molecule has 2 aliphatic rings. The Morgan fingerprint density at radius 2 is 1.21 bits per heavy atom. The van der Waals surface area contributed by atoms with Gasteiger partial charge in [-0.2, -0.15) is 0 Å². The molecule has 4 N–H and O–H groups in total. The van der Waals surface area contributed by atoms with Crippen LogP contribution in [0.15, 0.2) is 48.5 Å². The number of carbonyl (C=O) groups excluding carboxylic acids is 4. The van der Waals surface area contributed by atoms with E-state index in [4.69, 9.17) is 14.5 Å². The van der Waals surface area contributed by atoms with Crippen molar-refractivity contribution < 1.29 is 37.4 Å². The van der Waals surface area contributed by atoms with E-state index in [1.54, 1.807) is 52.3 Å². The molecule has 0 bridgehead atoms. The number of carbonyl (C=O) groups is 4. The maximum atomic E-state index is 16.2. The molecule has 7 rings (SSSR count). The first-order valence-corrected chi connectivity index (χ1v) is 19.6. The Hall–Kier alpha value is -6.06. The third-order valence-corrected chi connectivity index (χ3v) is 11.2. The molecule has 4 heterocycles. The molecule has 0 spiro atoms. The van der Waals surface area contributed by atoms with Crippen LogP contribution in [0.25, 0.3) is 44.3 Å². The molecule has 4 atom stereocenters. The molecule has 0 radical (unpaired) electrons. The van der Waals surface area contributed by atoms with Gasteiger partial charge in [-0.05, 0) is 66.8 Å². The number of imidazole rings is 2. The topological polar surface area (TPSA) is 175 Å². The number of amides is 4. The summed E-state index contributed by atoms with van der Waals surface area (Å²) in [5.41, 5.74) is 3.37. The van der Waals surface area contributed by atoms with Crippen LogP contribution < -0.4 is 10.6 Å². The second-order valence-corrected chi connectivity index (χ2v) is 15.6. The van der Waals surface area contributed by atoms with Crippen LogP contribution in [0, 0.1) is 23.5 Å². The number of aromatic nitrogens is 4. The summed E-state index contributed by atoms with van der Waals surface area (Å²) in [6.45, 7) is 8.33. The monoisotopic (exact) mass is 798 g/mol. The summed E-state index contributed by atoms with van der Waals surface area (Å²) in [6, 6.07) is 11.0. The highest BCUT2D eigenvalue weighted by atomic mass is 19.1. The van der Waals surface area contributed by atoms with Crippen molar-refractivity contribution in [3.8, 4) is 22.3 Å². The third-order valence-electron chi connectivity index (χ3n) is 11.2.